The van der Waals surface area contributed by atoms with E-state index in [1.165, 1.54) is 5.56 Å². The Morgan fingerprint density at radius 2 is 2.31 bits per heavy atom. The fourth-order valence-corrected chi connectivity index (χ4v) is 2.10. The minimum atomic E-state index is -0.639. The molecule has 0 saturated carbocycles. The van der Waals surface area contributed by atoms with Crippen LogP contribution >= 0.6 is 0 Å². The van der Waals surface area contributed by atoms with Crippen molar-refractivity contribution in [3.8, 4) is 0 Å². The first-order valence-electron chi connectivity index (χ1n) is 4.75. The molecule has 0 fully saturated rings. The Morgan fingerprint density at radius 1 is 1.54 bits per heavy atom. The molecular weight excluding hydrogens is 162 g/mol. The van der Waals surface area contributed by atoms with E-state index in [1.54, 1.807) is 0 Å². The van der Waals surface area contributed by atoms with Gasteiger partial charge in [0.1, 0.15) is 0 Å². The Labute approximate surface area is 78.6 Å². The number of nitrogens with zero attached hydrogens (tertiary/aromatic N) is 1. The fraction of sp³-hybridized carbons (Fsp3) is 0.545. The van der Waals surface area contributed by atoms with E-state index >= 15 is 0 Å². The summed E-state index contributed by atoms with van der Waals surface area (Å²) in [4.78, 5) is 4.35. The largest absolute Gasteiger partial charge is 0.390 e. The minimum Gasteiger partial charge on any atom is -0.390 e. The maximum atomic E-state index is 9.92. The Morgan fingerprint density at radius 3 is 3.00 bits per heavy atom. The van der Waals surface area contributed by atoms with Crippen molar-refractivity contribution in [2.24, 2.45) is 0 Å². The van der Waals surface area contributed by atoms with Gasteiger partial charge < -0.3 is 5.11 Å². The smallest absolute Gasteiger partial charge is 0.0675 e. The second-order valence-corrected chi connectivity index (χ2v) is 4.29. The molecule has 1 unspecified atom stereocenters. The third-order valence-corrected chi connectivity index (χ3v) is 2.81. The van der Waals surface area contributed by atoms with Crippen LogP contribution < -0.4 is 0 Å². The lowest BCUT2D eigenvalue weighted by Crippen LogP contribution is -2.27. The molecule has 0 radical (unpaired) electrons. The maximum absolute atomic E-state index is 9.92. The van der Waals surface area contributed by atoms with Gasteiger partial charge in [0.25, 0.3) is 0 Å². The third kappa shape index (κ3) is 1.46. The first-order chi connectivity index (χ1) is 6.09. The standard InChI is InChI=1S/C11H15NO/c1-11(2,13)9-6-5-8-4-3-7-12-10(8)9/h3-4,7,9,13H,5-6H2,1-2H3. The molecule has 2 heteroatoms. The van der Waals surface area contributed by atoms with Crippen LogP contribution in [0.2, 0.25) is 0 Å². The molecule has 0 aromatic carbocycles. The number of hydrogen-bond donors (Lipinski definition) is 1. The van der Waals surface area contributed by atoms with Crippen molar-refractivity contribution in [1.29, 1.82) is 0 Å². The topological polar surface area (TPSA) is 33.1 Å². The Balaban J connectivity index is 2.39. The molecule has 1 aliphatic carbocycles. The van der Waals surface area contributed by atoms with Crippen LogP contribution in [0.25, 0.3) is 0 Å². The third-order valence-electron chi connectivity index (χ3n) is 2.81. The Kier molecular flexibility index (Phi) is 1.88. The van der Waals surface area contributed by atoms with Gasteiger partial charge in [0.15, 0.2) is 0 Å². The number of rotatable bonds is 1. The van der Waals surface area contributed by atoms with Crippen LogP contribution in [0.3, 0.4) is 0 Å². The van der Waals surface area contributed by atoms with E-state index < -0.39 is 5.60 Å². The highest BCUT2D eigenvalue weighted by atomic mass is 16.3. The molecule has 0 bridgehead atoms. The summed E-state index contributed by atoms with van der Waals surface area (Å²) in [6, 6.07) is 4.07. The van der Waals surface area contributed by atoms with Gasteiger partial charge >= 0.3 is 0 Å². The van der Waals surface area contributed by atoms with E-state index in [4.69, 9.17) is 0 Å². The highest BCUT2D eigenvalue weighted by Gasteiger charge is 2.34. The van der Waals surface area contributed by atoms with E-state index in [9.17, 15) is 5.11 Å². The first-order valence-corrected chi connectivity index (χ1v) is 4.75. The Bertz CT molecular complexity index is 314. The molecule has 1 aliphatic rings. The molecule has 0 spiro atoms. The molecule has 2 rings (SSSR count). The van der Waals surface area contributed by atoms with Gasteiger partial charge in [0, 0.05) is 17.8 Å². The quantitative estimate of drug-likeness (QED) is 0.710. The number of pyridine rings is 1. The molecule has 1 heterocycles. The second kappa shape index (κ2) is 2.81. The van der Waals surface area contributed by atoms with Gasteiger partial charge in [-0.2, -0.15) is 0 Å². The highest BCUT2D eigenvalue weighted by molar-refractivity contribution is 5.30. The van der Waals surface area contributed by atoms with Crippen LogP contribution in [0.15, 0.2) is 18.3 Å². The zero-order valence-electron chi connectivity index (χ0n) is 8.12. The second-order valence-electron chi connectivity index (χ2n) is 4.29. The first kappa shape index (κ1) is 8.70. The van der Waals surface area contributed by atoms with Gasteiger partial charge in [0.2, 0.25) is 0 Å². The van der Waals surface area contributed by atoms with Gasteiger partial charge in [-0.05, 0) is 38.3 Å². The van der Waals surface area contributed by atoms with Gasteiger partial charge in [-0.3, -0.25) is 4.98 Å². The summed E-state index contributed by atoms with van der Waals surface area (Å²) >= 11 is 0. The lowest BCUT2D eigenvalue weighted by atomic mass is 9.89. The molecule has 1 aromatic rings. The maximum Gasteiger partial charge on any atom is 0.0675 e. The summed E-state index contributed by atoms with van der Waals surface area (Å²) in [5.74, 6) is 0.212. The average Bonchev–Trinajstić information content (AvgIpc) is 2.45. The van der Waals surface area contributed by atoms with E-state index in [0.717, 1.165) is 18.5 Å². The molecule has 0 amide bonds. The zero-order chi connectivity index (χ0) is 9.47. The molecule has 1 N–H and O–H groups in total. The summed E-state index contributed by atoms with van der Waals surface area (Å²) in [6.07, 6.45) is 3.89. The average molecular weight is 177 g/mol. The molecule has 0 aliphatic heterocycles. The number of aliphatic hydroxyl groups is 1. The Hall–Kier alpha value is -0.890. The van der Waals surface area contributed by atoms with E-state index in [0.29, 0.717) is 0 Å². The van der Waals surface area contributed by atoms with Crippen LogP contribution in [-0.2, 0) is 6.42 Å². The number of hydrogen-bond acceptors (Lipinski definition) is 2. The number of aromatic nitrogens is 1. The monoisotopic (exact) mass is 177 g/mol. The van der Waals surface area contributed by atoms with Crippen molar-refractivity contribution in [3.05, 3.63) is 29.6 Å². The van der Waals surface area contributed by atoms with Crippen LogP contribution in [-0.4, -0.2) is 15.7 Å². The molecule has 13 heavy (non-hydrogen) atoms. The highest BCUT2D eigenvalue weighted by Crippen LogP contribution is 2.38. The molecule has 1 atom stereocenters. The van der Waals surface area contributed by atoms with Crippen molar-refractivity contribution in [2.45, 2.75) is 38.2 Å². The summed E-state index contributed by atoms with van der Waals surface area (Å²) < 4.78 is 0. The van der Waals surface area contributed by atoms with Crippen molar-refractivity contribution in [2.75, 3.05) is 0 Å². The fourth-order valence-electron chi connectivity index (χ4n) is 2.10. The summed E-state index contributed by atoms with van der Waals surface area (Å²) in [5, 5.41) is 9.92. The van der Waals surface area contributed by atoms with Gasteiger partial charge in [0.05, 0.1) is 5.60 Å². The lowest BCUT2D eigenvalue weighted by molar-refractivity contribution is 0.0490. The van der Waals surface area contributed by atoms with Gasteiger partial charge in [-0.1, -0.05) is 6.07 Å². The van der Waals surface area contributed by atoms with Crippen LogP contribution in [0.1, 0.15) is 37.4 Å². The van der Waals surface area contributed by atoms with Crippen molar-refractivity contribution >= 4 is 0 Å². The van der Waals surface area contributed by atoms with Crippen LogP contribution in [0, 0.1) is 0 Å². The zero-order valence-corrected chi connectivity index (χ0v) is 8.12. The molecule has 0 saturated heterocycles. The molecule has 70 valence electrons. The lowest BCUT2D eigenvalue weighted by Gasteiger charge is -2.25. The van der Waals surface area contributed by atoms with Crippen molar-refractivity contribution < 1.29 is 5.11 Å². The predicted molar refractivity (Wildman–Crippen MR) is 51.6 cm³/mol. The summed E-state index contributed by atoms with van der Waals surface area (Å²) in [5.41, 5.74) is 1.75. The molecule has 1 aromatic heterocycles. The van der Waals surface area contributed by atoms with E-state index in [2.05, 4.69) is 11.1 Å². The number of fused-ring (bicyclic) bond motifs is 1. The van der Waals surface area contributed by atoms with Crippen molar-refractivity contribution in [1.82, 2.24) is 4.98 Å². The predicted octanol–water partition coefficient (Wildman–Crippen LogP) is 1.88. The van der Waals surface area contributed by atoms with Crippen LogP contribution in [0.4, 0.5) is 0 Å². The minimum absolute atomic E-state index is 0.212. The molecular formula is C11H15NO. The van der Waals surface area contributed by atoms with Crippen LogP contribution in [0.5, 0.6) is 0 Å². The summed E-state index contributed by atoms with van der Waals surface area (Å²) in [6.45, 7) is 3.73. The summed E-state index contributed by atoms with van der Waals surface area (Å²) in [7, 11) is 0. The van der Waals surface area contributed by atoms with E-state index in [-0.39, 0.29) is 5.92 Å². The van der Waals surface area contributed by atoms with Gasteiger partial charge in [-0.15, -0.1) is 0 Å². The van der Waals surface area contributed by atoms with E-state index in [1.807, 2.05) is 26.1 Å². The normalized spacial score (nSPS) is 21.6. The SMILES string of the molecule is CC(C)(O)C1CCc2cccnc21. The molecule has 2 nitrogen and oxygen atoms in total. The van der Waals surface area contributed by atoms with Gasteiger partial charge in [-0.25, -0.2) is 0 Å². The van der Waals surface area contributed by atoms with Crippen molar-refractivity contribution in [3.63, 3.8) is 0 Å². The number of aryl methyl sites for hydroxylation is 1.